The van der Waals surface area contributed by atoms with E-state index in [1.54, 1.807) is 37.6 Å². The van der Waals surface area contributed by atoms with Gasteiger partial charge in [-0.15, -0.1) is 0 Å². The van der Waals surface area contributed by atoms with Crippen LogP contribution in [0.2, 0.25) is 0 Å². The van der Waals surface area contributed by atoms with Crippen molar-refractivity contribution in [3.8, 4) is 5.69 Å². The second kappa shape index (κ2) is 7.67. The highest BCUT2D eigenvalue weighted by Gasteiger charge is 2.30. The molecular formula is C22H16F3N5O. The second-order valence-electron chi connectivity index (χ2n) is 6.71. The number of benzene rings is 1. The molecule has 9 heteroatoms. The molecule has 1 aromatic carbocycles. The summed E-state index contributed by atoms with van der Waals surface area (Å²) in [6.07, 6.45) is -0.275. The standard InChI is InChI=1S/C22H16F3N5O/c1-27-11-14(10-26)17-6-7-18-20(29-17)21-13(12-28-18)5-8-19(31)30(21)16-4-2-3-15(9-16)22(23,24)25/h2-12,26-27H,1H3/b14-11+,26-10?. The molecule has 4 aromatic rings. The first kappa shape index (κ1) is 20.3. The highest BCUT2D eigenvalue weighted by atomic mass is 19.4. The van der Waals surface area contributed by atoms with E-state index in [0.717, 1.165) is 18.3 Å². The van der Waals surface area contributed by atoms with Gasteiger partial charge in [-0.2, -0.15) is 13.2 Å². The largest absolute Gasteiger partial charge is 0.416 e. The number of hydrogen-bond donors (Lipinski definition) is 2. The van der Waals surface area contributed by atoms with Crippen LogP contribution >= 0.6 is 0 Å². The molecule has 4 rings (SSSR count). The van der Waals surface area contributed by atoms with Crippen LogP contribution in [0.4, 0.5) is 13.2 Å². The van der Waals surface area contributed by atoms with Gasteiger partial charge in [0.25, 0.3) is 5.56 Å². The summed E-state index contributed by atoms with van der Waals surface area (Å²) in [7, 11) is 1.69. The van der Waals surface area contributed by atoms with Crippen molar-refractivity contribution in [3.63, 3.8) is 0 Å². The Kier molecular flexibility index (Phi) is 5.02. The van der Waals surface area contributed by atoms with Crippen LogP contribution in [0.3, 0.4) is 0 Å². The summed E-state index contributed by atoms with van der Waals surface area (Å²) in [5, 5.41) is 11.0. The fraction of sp³-hybridized carbons (Fsp3) is 0.0909. The summed E-state index contributed by atoms with van der Waals surface area (Å²) in [4.78, 5) is 21.7. The normalized spacial score (nSPS) is 12.3. The lowest BCUT2D eigenvalue weighted by Gasteiger charge is -2.14. The lowest BCUT2D eigenvalue weighted by Crippen LogP contribution is -2.19. The van der Waals surface area contributed by atoms with Crippen molar-refractivity contribution < 1.29 is 13.2 Å². The number of nitrogens with zero attached hydrogens (tertiary/aromatic N) is 3. The van der Waals surface area contributed by atoms with Crippen molar-refractivity contribution in [1.29, 1.82) is 5.41 Å². The number of allylic oxidation sites excluding steroid dienone is 1. The summed E-state index contributed by atoms with van der Waals surface area (Å²) in [6, 6.07) is 10.8. The quantitative estimate of drug-likeness (QED) is 0.381. The van der Waals surface area contributed by atoms with E-state index >= 15 is 0 Å². The highest BCUT2D eigenvalue weighted by Crippen LogP contribution is 2.31. The van der Waals surface area contributed by atoms with Gasteiger partial charge >= 0.3 is 6.18 Å². The maximum Gasteiger partial charge on any atom is 0.416 e. The Morgan fingerprint density at radius 1 is 1.16 bits per heavy atom. The van der Waals surface area contributed by atoms with Crippen LogP contribution in [0.5, 0.6) is 0 Å². The zero-order valence-electron chi connectivity index (χ0n) is 16.2. The van der Waals surface area contributed by atoms with E-state index in [9.17, 15) is 18.0 Å². The zero-order chi connectivity index (χ0) is 22.2. The van der Waals surface area contributed by atoms with Gasteiger partial charge in [0.1, 0.15) is 5.52 Å². The van der Waals surface area contributed by atoms with Gasteiger partial charge < -0.3 is 10.7 Å². The number of aromatic nitrogens is 3. The Bertz CT molecular complexity index is 1410. The molecule has 0 bridgehead atoms. The maximum absolute atomic E-state index is 13.3. The van der Waals surface area contributed by atoms with Gasteiger partial charge in [-0.25, -0.2) is 4.98 Å². The molecule has 0 unspecified atom stereocenters. The predicted octanol–water partition coefficient (Wildman–Crippen LogP) is 4.16. The molecule has 31 heavy (non-hydrogen) atoms. The van der Waals surface area contributed by atoms with E-state index in [1.165, 1.54) is 22.8 Å². The Morgan fingerprint density at radius 3 is 2.68 bits per heavy atom. The highest BCUT2D eigenvalue weighted by molar-refractivity contribution is 6.09. The SMILES string of the molecule is CN/C=C(\C=N)c1ccc2ncc3ccc(=O)n(-c4cccc(C(F)(F)F)c4)c3c2n1. The van der Waals surface area contributed by atoms with E-state index < -0.39 is 17.3 Å². The second-order valence-corrected chi connectivity index (χ2v) is 6.71. The number of alkyl halides is 3. The Morgan fingerprint density at radius 2 is 1.97 bits per heavy atom. The van der Waals surface area contributed by atoms with Crippen LogP contribution in [-0.2, 0) is 6.18 Å². The van der Waals surface area contributed by atoms with Crippen LogP contribution in [0.25, 0.3) is 33.2 Å². The first-order chi connectivity index (χ1) is 14.8. The number of hydrogen-bond acceptors (Lipinski definition) is 5. The Hall–Kier alpha value is -4.01. The fourth-order valence-corrected chi connectivity index (χ4v) is 3.35. The van der Waals surface area contributed by atoms with E-state index in [1.807, 2.05) is 0 Å². The lowest BCUT2D eigenvalue weighted by molar-refractivity contribution is -0.137. The van der Waals surface area contributed by atoms with Crippen LogP contribution < -0.4 is 10.9 Å². The molecule has 6 nitrogen and oxygen atoms in total. The van der Waals surface area contributed by atoms with Crippen LogP contribution in [0, 0.1) is 5.41 Å². The molecule has 0 fully saturated rings. The van der Waals surface area contributed by atoms with Crippen molar-refractivity contribution in [2.24, 2.45) is 0 Å². The van der Waals surface area contributed by atoms with Gasteiger partial charge in [0, 0.05) is 48.4 Å². The van der Waals surface area contributed by atoms with Crippen LogP contribution in [0.15, 0.2) is 65.7 Å². The maximum atomic E-state index is 13.3. The third-order valence-corrected chi connectivity index (χ3v) is 4.75. The lowest BCUT2D eigenvalue weighted by atomic mass is 10.1. The van der Waals surface area contributed by atoms with Gasteiger partial charge in [0.05, 0.1) is 22.3 Å². The monoisotopic (exact) mass is 423 g/mol. The molecule has 0 radical (unpaired) electrons. The van der Waals surface area contributed by atoms with Crippen molar-refractivity contribution in [2.75, 3.05) is 7.05 Å². The summed E-state index contributed by atoms with van der Waals surface area (Å²) in [5.74, 6) is 0. The number of fused-ring (bicyclic) bond motifs is 3. The van der Waals surface area contributed by atoms with E-state index in [4.69, 9.17) is 5.41 Å². The molecular weight excluding hydrogens is 407 g/mol. The molecule has 156 valence electrons. The molecule has 3 heterocycles. The van der Waals surface area contributed by atoms with Crippen molar-refractivity contribution >= 4 is 33.7 Å². The molecule has 0 amide bonds. The molecule has 3 aromatic heterocycles. The molecule has 2 N–H and O–H groups in total. The van der Waals surface area contributed by atoms with E-state index in [2.05, 4.69) is 15.3 Å². The smallest absolute Gasteiger partial charge is 0.393 e. The molecule has 0 spiro atoms. The average Bonchev–Trinajstić information content (AvgIpc) is 2.76. The van der Waals surface area contributed by atoms with Gasteiger partial charge in [-0.1, -0.05) is 6.07 Å². The predicted molar refractivity (Wildman–Crippen MR) is 113 cm³/mol. The number of halogens is 3. The Balaban J connectivity index is 2.10. The van der Waals surface area contributed by atoms with Crippen LogP contribution in [-0.4, -0.2) is 27.8 Å². The van der Waals surface area contributed by atoms with Crippen molar-refractivity contribution in [1.82, 2.24) is 19.9 Å². The minimum absolute atomic E-state index is 0.0724. The summed E-state index contributed by atoms with van der Waals surface area (Å²) in [6.45, 7) is 0. The van der Waals surface area contributed by atoms with Gasteiger partial charge in [0.15, 0.2) is 0 Å². The topological polar surface area (TPSA) is 83.7 Å². The summed E-state index contributed by atoms with van der Waals surface area (Å²) < 4.78 is 41.0. The zero-order valence-corrected chi connectivity index (χ0v) is 16.2. The van der Waals surface area contributed by atoms with Crippen molar-refractivity contribution in [3.05, 3.63) is 82.5 Å². The first-order valence-corrected chi connectivity index (χ1v) is 9.21. The molecule has 0 aliphatic rings. The van der Waals surface area contributed by atoms with Crippen molar-refractivity contribution in [2.45, 2.75) is 6.18 Å². The number of pyridine rings is 3. The number of nitrogens with one attached hydrogen (secondary N) is 2. The van der Waals surface area contributed by atoms with Gasteiger partial charge in [-0.05, 0) is 36.4 Å². The summed E-state index contributed by atoms with van der Waals surface area (Å²) in [5.41, 5.74) is 0.817. The number of rotatable bonds is 4. The first-order valence-electron chi connectivity index (χ1n) is 9.21. The Labute approximate surface area is 174 Å². The third kappa shape index (κ3) is 3.65. The van der Waals surface area contributed by atoms with E-state index in [-0.39, 0.29) is 5.69 Å². The van der Waals surface area contributed by atoms with Gasteiger partial charge in [-0.3, -0.25) is 14.3 Å². The third-order valence-electron chi connectivity index (χ3n) is 4.75. The van der Waals surface area contributed by atoms with E-state index in [0.29, 0.717) is 33.2 Å². The molecule has 0 atom stereocenters. The molecule has 0 aliphatic carbocycles. The van der Waals surface area contributed by atoms with Gasteiger partial charge in [0.2, 0.25) is 0 Å². The fourth-order valence-electron chi connectivity index (χ4n) is 3.35. The molecule has 0 saturated carbocycles. The minimum atomic E-state index is -4.55. The molecule has 0 saturated heterocycles. The minimum Gasteiger partial charge on any atom is -0.393 e. The molecule has 0 aliphatic heterocycles. The van der Waals surface area contributed by atoms with Crippen LogP contribution in [0.1, 0.15) is 11.3 Å². The average molecular weight is 423 g/mol. The summed E-state index contributed by atoms with van der Waals surface area (Å²) >= 11 is 0.